The van der Waals surface area contributed by atoms with Gasteiger partial charge >= 0.3 is 0 Å². The van der Waals surface area contributed by atoms with Gasteiger partial charge in [0.2, 0.25) is 0 Å². The van der Waals surface area contributed by atoms with Gasteiger partial charge in [0.25, 0.3) is 0 Å². The van der Waals surface area contributed by atoms with Crippen LogP contribution in [-0.2, 0) is 10.8 Å². The van der Waals surface area contributed by atoms with E-state index in [1.54, 1.807) is 0 Å². The van der Waals surface area contributed by atoms with Crippen molar-refractivity contribution in [3.63, 3.8) is 0 Å². The van der Waals surface area contributed by atoms with Crippen LogP contribution in [0.15, 0.2) is 29.3 Å². The number of nitrogens with one attached hydrogen (secondary N) is 1. The van der Waals surface area contributed by atoms with Gasteiger partial charge in [-0.15, -0.1) is 0 Å². The molecule has 19 heavy (non-hydrogen) atoms. The molecule has 0 spiro atoms. The Labute approximate surface area is 119 Å². The molecule has 0 radical (unpaired) electrons. The molecule has 0 bridgehead atoms. The summed E-state index contributed by atoms with van der Waals surface area (Å²) in [5, 5.41) is 4.06. The Hall–Kier alpha value is -1.04. The van der Waals surface area contributed by atoms with Crippen LogP contribution in [0.25, 0.3) is 11.0 Å². The van der Waals surface area contributed by atoms with E-state index in [2.05, 4.69) is 15.3 Å². The van der Waals surface area contributed by atoms with Crippen molar-refractivity contribution >= 4 is 33.4 Å². The van der Waals surface area contributed by atoms with Gasteiger partial charge in [0, 0.05) is 5.25 Å². The Kier molecular flexibility index (Phi) is 3.77. The number of piperidine rings is 1. The second-order valence-corrected chi connectivity index (χ2v) is 6.56. The molecule has 0 saturated carbocycles. The molecule has 2 heterocycles. The van der Waals surface area contributed by atoms with Gasteiger partial charge in [-0.2, -0.15) is 0 Å². The molecule has 1 aliphatic rings. The highest BCUT2D eigenvalue weighted by atomic mass is 35.5. The zero-order valence-electron chi connectivity index (χ0n) is 10.3. The van der Waals surface area contributed by atoms with Crippen LogP contribution < -0.4 is 5.32 Å². The third-order valence-electron chi connectivity index (χ3n) is 3.28. The van der Waals surface area contributed by atoms with Crippen molar-refractivity contribution in [1.82, 2.24) is 15.3 Å². The summed E-state index contributed by atoms with van der Waals surface area (Å²) in [7, 11) is -1.18. The monoisotopic (exact) mass is 295 g/mol. The molecule has 100 valence electrons. The van der Waals surface area contributed by atoms with Crippen molar-refractivity contribution in [2.75, 3.05) is 13.1 Å². The zero-order valence-corrected chi connectivity index (χ0v) is 11.9. The van der Waals surface area contributed by atoms with Gasteiger partial charge in [0.15, 0.2) is 10.2 Å². The Morgan fingerprint density at radius 3 is 2.47 bits per heavy atom. The van der Waals surface area contributed by atoms with E-state index in [9.17, 15) is 4.21 Å². The minimum Gasteiger partial charge on any atom is -0.317 e. The average molecular weight is 296 g/mol. The molecule has 0 unspecified atom stereocenters. The van der Waals surface area contributed by atoms with Gasteiger partial charge in [-0.05, 0) is 38.1 Å². The first-order chi connectivity index (χ1) is 9.25. The number of rotatable bonds is 2. The molecule has 1 saturated heterocycles. The second kappa shape index (κ2) is 5.53. The lowest BCUT2D eigenvalue weighted by Crippen LogP contribution is -2.33. The van der Waals surface area contributed by atoms with Crippen LogP contribution in [0.1, 0.15) is 12.8 Å². The first kappa shape index (κ1) is 13.0. The number of hydrogen-bond acceptors (Lipinski definition) is 4. The predicted molar refractivity (Wildman–Crippen MR) is 76.8 cm³/mol. The Bertz CT molecular complexity index is 628. The maximum absolute atomic E-state index is 12.6. The van der Waals surface area contributed by atoms with Gasteiger partial charge in [-0.3, -0.25) is 4.21 Å². The van der Waals surface area contributed by atoms with Crippen LogP contribution in [-0.4, -0.2) is 32.5 Å². The number of aromatic nitrogens is 2. The second-order valence-electron chi connectivity index (χ2n) is 4.56. The largest absolute Gasteiger partial charge is 0.317 e. The highest BCUT2D eigenvalue weighted by Crippen LogP contribution is 2.24. The van der Waals surface area contributed by atoms with E-state index >= 15 is 0 Å². The fourth-order valence-electron chi connectivity index (χ4n) is 2.26. The fourth-order valence-corrected chi connectivity index (χ4v) is 4.00. The predicted octanol–water partition coefficient (Wildman–Crippen LogP) is 2.14. The van der Waals surface area contributed by atoms with Crippen molar-refractivity contribution in [2.45, 2.75) is 23.1 Å². The lowest BCUT2D eigenvalue weighted by molar-refractivity contribution is 0.519. The smallest absolute Gasteiger partial charge is 0.165 e. The molecule has 0 amide bonds. The minimum absolute atomic E-state index is 0.120. The molecule has 0 aliphatic carbocycles. The Morgan fingerprint density at radius 1 is 1.16 bits per heavy atom. The highest BCUT2D eigenvalue weighted by Gasteiger charge is 2.24. The normalized spacial score (nSPS) is 18.6. The quantitative estimate of drug-likeness (QED) is 0.922. The summed E-state index contributed by atoms with van der Waals surface area (Å²) in [5.74, 6) is 0. The van der Waals surface area contributed by atoms with Crippen LogP contribution in [0, 0.1) is 0 Å². The van der Waals surface area contributed by atoms with E-state index in [1.807, 2.05) is 24.3 Å². The topological polar surface area (TPSA) is 54.9 Å². The van der Waals surface area contributed by atoms with E-state index in [4.69, 9.17) is 11.6 Å². The third kappa shape index (κ3) is 2.63. The molecule has 2 aromatic rings. The molecule has 4 nitrogen and oxygen atoms in total. The van der Waals surface area contributed by atoms with Gasteiger partial charge in [-0.1, -0.05) is 23.7 Å². The van der Waals surface area contributed by atoms with E-state index in [-0.39, 0.29) is 10.4 Å². The number of fused-ring (bicyclic) bond motifs is 1. The lowest BCUT2D eigenvalue weighted by Gasteiger charge is -2.21. The molecule has 1 fully saturated rings. The summed E-state index contributed by atoms with van der Waals surface area (Å²) >= 11 is 6.14. The summed E-state index contributed by atoms with van der Waals surface area (Å²) in [5.41, 5.74) is 1.47. The van der Waals surface area contributed by atoms with Crippen LogP contribution >= 0.6 is 11.6 Å². The van der Waals surface area contributed by atoms with Gasteiger partial charge in [0.1, 0.15) is 0 Å². The van der Waals surface area contributed by atoms with E-state index < -0.39 is 10.8 Å². The first-order valence-electron chi connectivity index (χ1n) is 6.29. The van der Waals surface area contributed by atoms with E-state index in [0.717, 1.165) is 37.0 Å². The van der Waals surface area contributed by atoms with Gasteiger partial charge in [-0.25, -0.2) is 9.97 Å². The highest BCUT2D eigenvalue weighted by molar-refractivity contribution is 7.85. The van der Waals surface area contributed by atoms with Crippen LogP contribution in [0.5, 0.6) is 0 Å². The maximum atomic E-state index is 12.6. The minimum atomic E-state index is -1.18. The maximum Gasteiger partial charge on any atom is 0.165 e. The molecular formula is C13H14ClN3OS. The number of halogens is 1. The van der Waals surface area contributed by atoms with Gasteiger partial charge < -0.3 is 5.32 Å². The SMILES string of the molecule is O=[S@](c1nc2ccccc2nc1Cl)C1CCNCC1. The summed E-state index contributed by atoms with van der Waals surface area (Å²) in [6.07, 6.45) is 1.77. The molecule has 1 aromatic heterocycles. The molecular weight excluding hydrogens is 282 g/mol. The molecule has 3 rings (SSSR count). The molecule has 1 aromatic carbocycles. The standard InChI is InChI=1S/C13H14ClN3OS/c14-12-13(19(18)9-5-7-15-8-6-9)17-11-4-2-1-3-10(11)16-12/h1-4,9,15H,5-8H2/t19-/m0/s1. The molecule has 1 atom stereocenters. The van der Waals surface area contributed by atoms with Crippen LogP contribution in [0.4, 0.5) is 0 Å². The zero-order chi connectivity index (χ0) is 13.2. The summed E-state index contributed by atoms with van der Waals surface area (Å²) < 4.78 is 12.6. The molecule has 1 aliphatic heterocycles. The molecule has 1 N–H and O–H groups in total. The van der Waals surface area contributed by atoms with Crippen molar-refractivity contribution < 1.29 is 4.21 Å². The lowest BCUT2D eigenvalue weighted by atomic mass is 10.2. The van der Waals surface area contributed by atoms with E-state index in [1.165, 1.54) is 0 Å². The van der Waals surface area contributed by atoms with Gasteiger partial charge in [0.05, 0.1) is 21.8 Å². The average Bonchev–Trinajstić information content (AvgIpc) is 2.47. The van der Waals surface area contributed by atoms with Crippen molar-refractivity contribution in [1.29, 1.82) is 0 Å². The third-order valence-corrected chi connectivity index (χ3v) is 5.40. The van der Waals surface area contributed by atoms with Crippen molar-refractivity contribution in [3.8, 4) is 0 Å². The summed E-state index contributed by atoms with van der Waals surface area (Å²) in [6, 6.07) is 7.49. The summed E-state index contributed by atoms with van der Waals surface area (Å²) in [6.45, 7) is 1.80. The number of hydrogen-bond donors (Lipinski definition) is 1. The number of nitrogens with zero attached hydrogens (tertiary/aromatic N) is 2. The first-order valence-corrected chi connectivity index (χ1v) is 7.88. The van der Waals surface area contributed by atoms with Crippen LogP contribution in [0.3, 0.4) is 0 Å². The Morgan fingerprint density at radius 2 is 1.79 bits per heavy atom. The number of para-hydroxylation sites is 2. The summed E-state index contributed by atoms with van der Waals surface area (Å²) in [4.78, 5) is 8.72. The van der Waals surface area contributed by atoms with Crippen LogP contribution in [0.2, 0.25) is 5.15 Å². The fraction of sp³-hybridized carbons (Fsp3) is 0.385. The van der Waals surface area contributed by atoms with Crippen molar-refractivity contribution in [2.24, 2.45) is 0 Å². The van der Waals surface area contributed by atoms with E-state index in [0.29, 0.717) is 5.03 Å². The van der Waals surface area contributed by atoms with Crippen molar-refractivity contribution in [3.05, 3.63) is 29.4 Å². The Balaban J connectivity index is 1.99. The molecule has 6 heteroatoms. The number of benzene rings is 1.